The number of carbonyl (C=O) groups is 3. The van der Waals surface area contributed by atoms with Crippen LogP contribution in [0, 0.1) is 0 Å². The molecule has 1 atom stereocenters. The fourth-order valence-corrected chi connectivity index (χ4v) is 3.96. The smallest absolute Gasteiger partial charge is 0.303 e. The van der Waals surface area contributed by atoms with E-state index < -0.39 is 33.7 Å². The van der Waals surface area contributed by atoms with E-state index in [0.29, 0.717) is 6.42 Å². The molecule has 3 N–H and O–H groups in total. The second-order valence-corrected chi connectivity index (χ2v) is 9.32. The number of carboxylic acids is 1. The topological polar surface area (TPSA) is 138 Å². The minimum Gasteiger partial charge on any atom is -0.481 e. The zero-order chi connectivity index (χ0) is 22.8. The first-order valence-corrected chi connectivity index (χ1v) is 12.8. The molecule has 0 bridgehead atoms. The Hall–Kier alpha value is -1.48. The standard InChI is InChI=1S/C21H39NO7S/c1-2-19(23)18(17-30(27,28)29)22-20(24)15-13-11-9-7-5-3-4-6-8-10-12-14-16-21(25)26/h18H,2-17H2,1H3,(H,22,24)(H,25,26)(H,27,28,29). The van der Waals surface area contributed by atoms with Gasteiger partial charge in [0, 0.05) is 19.3 Å². The fourth-order valence-electron chi connectivity index (χ4n) is 3.27. The lowest BCUT2D eigenvalue weighted by molar-refractivity contribution is -0.137. The number of Topliss-reactive ketones (excluding diaryl/α,β-unsaturated/α-hetero) is 1. The molecule has 0 aromatic carbocycles. The van der Waals surface area contributed by atoms with Gasteiger partial charge in [-0.25, -0.2) is 0 Å². The summed E-state index contributed by atoms with van der Waals surface area (Å²) >= 11 is 0. The molecule has 176 valence electrons. The third-order valence-corrected chi connectivity index (χ3v) is 5.75. The minimum atomic E-state index is -4.33. The number of unbranched alkanes of at least 4 members (excludes halogenated alkanes) is 11. The quantitative estimate of drug-likeness (QED) is 0.189. The number of aliphatic carboxylic acids is 1. The van der Waals surface area contributed by atoms with Crippen LogP contribution < -0.4 is 5.32 Å². The van der Waals surface area contributed by atoms with E-state index in [1.807, 2.05) is 0 Å². The maximum absolute atomic E-state index is 11.9. The van der Waals surface area contributed by atoms with Gasteiger partial charge in [0.15, 0.2) is 5.78 Å². The van der Waals surface area contributed by atoms with Gasteiger partial charge in [-0.3, -0.25) is 18.9 Å². The minimum absolute atomic E-state index is 0.0885. The molecule has 0 aliphatic heterocycles. The molecule has 0 aromatic heterocycles. The summed E-state index contributed by atoms with van der Waals surface area (Å²) in [5, 5.41) is 11.0. The molecule has 0 saturated carbocycles. The highest BCUT2D eigenvalue weighted by molar-refractivity contribution is 7.85. The van der Waals surface area contributed by atoms with Crippen LogP contribution in [0.1, 0.15) is 103 Å². The van der Waals surface area contributed by atoms with Crippen molar-refractivity contribution >= 4 is 27.8 Å². The van der Waals surface area contributed by atoms with Crippen LogP contribution in [-0.2, 0) is 24.5 Å². The third kappa shape index (κ3) is 18.5. The van der Waals surface area contributed by atoms with Gasteiger partial charge in [-0.15, -0.1) is 0 Å². The summed E-state index contributed by atoms with van der Waals surface area (Å²) < 4.78 is 30.9. The first kappa shape index (κ1) is 28.5. The van der Waals surface area contributed by atoms with Gasteiger partial charge >= 0.3 is 5.97 Å². The summed E-state index contributed by atoms with van der Waals surface area (Å²) in [6.45, 7) is 1.58. The van der Waals surface area contributed by atoms with Crippen LogP contribution in [0.3, 0.4) is 0 Å². The number of carbonyl (C=O) groups excluding carboxylic acids is 2. The number of hydrogen-bond acceptors (Lipinski definition) is 5. The Labute approximate surface area is 180 Å². The summed E-state index contributed by atoms with van der Waals surface area (Å²) in [6, 6.07) is -1.19. The molecular weight excluding hydrogens is 410 g/mol. The molecule has 0 heterocycles. The Morgan fingerprint density at radius 1 is 0.767 bits per heavy atom. The molecule has 9 heteroatoms. The molecule has 1 amide bonds. The predicted octanol–water partition coefficient (Wildman–Crippen LogP) is 3.88. The number of carboxylic acid groups (broad SMARTS) is 1. The van der Waals surface area contributed by atoms with Crippen molar-refractivity contribution in [3.05, 3.63) is 0 Å². The maximum atomic E-state index is 11.9. The lowest BCUT2D eigenvalue weighted by Gasteiger charge is -2.15. The van der Waals surface area contributed by atoms with Crippen LogP contribution in [0.2, 0.25) is 0 Å². The van der Waals surface area contributed by atoms with Gasteiger partial charge in [0.1, 0.15) is 11.8 Å². The molecule has 0 aliphatic rings. The molecule has 30 heavy (non-hydrogen) atoms. The van der Waals surface area contributed by atoms with Gasteiger partial charge in [-0.05, 0) is 12.8 Å². The molecule has 0 aliphatic carbocycles. The molecule has 0 fully saturated rings. The van der Waals surface area contributed by atoms with Gasteiger partial charge in [-0.2, -0.15) is 8.42 Å². The van der Waals surface area contributed by atoms with Crippen molar-refractivity contribution in [1.82, 2.24) is 5.32 Å². The second kappa shape index (κ2) is 17.2. The van der Waals surface area contributed by atoms with Crippen molar-refractivity contribution in [1.29, 1.82) is 0 Å². The molecular formula is C21H39NO7S. The summed E-state index contributed by atoms with van der Waals surface area (Å²) in [5.74, 6) is -2.29. The van der Waals surface area contributed by atoms with Crippen LogP contribution >= 0.6 is 0 Å². The average Bonchev–Trinajstić information content (AvgIpc) is 2.65. The first-order chi connectivity index (χ1) is 14.2. The number of hydrogen-bond donors (Lipinski definition) is 3. The van der Waals surface area contributed by atoms with Crippen LogP contribution in [0.4, 0.5) is 0 Å². The van der Waals surface area contributed by atoms with Crippen LogP contribution in [0.25, 0.3) is 0 Å². The molecule has 1 unspecified atom stereocenters. The Morgan fingerprint density at radius 3 is 1.53 bits per heavy atom. The van der Waals surface area contributed by atoms with Crippen molar-refractivity contribution < 1.29 is 32.5 Å². The number of amides is 1. The van der Waals surface area contributed by atoms with E-state index in [0.717, 1.165) is 51.4 Å². The van der Waals surface area contributed by atoms with E-state index >= 15 is 0 Å². The van der Waals surface area contributed by atoms with Gasteiger partial charge < -0.3 is 10.4 Å². The van der Waals surface area contributed by atoms with Gasteiger partial charge in [0.25, 0.3) is 10.1 Å². The highest BCUT2D eigenvalue weighted by Gasteiger charge is 2.24. The fraction of sp³-hybridized carbons (Fsp3) is 0.857. The number of nitrogens with one attached hydrogen (secondary N) is 1. The van der Waals surface area contributed by atoms with Gasteiger partial charge in [0.2, 0.25) is 5.91 Å². The Bertz CT molecular complexity index is 604. The zero-order valence-electron chi connectivity index (χ0n) is 18.2. The first-order valence-electron chi connectivity index (χ1n) is 11.1. The van der Waals surface area contributed by atoms with Crippen molar-refractivity contribution in [3.8, 4) is 0 Å². The molecule has 8 nitrogen and oxygen atoms in total. The van der Waals surface area contributed by atoms with Crippen molar-refractivity contribution in [2.75, 3.05) is 5.75 Å². The maximum Gasteiger partial charge on any atom is 0.303 e. The molecule has 0 radical (unpaired) electrons. The molecule has 0 aromatic rings. The predicted molar refractivity (Wildman–Crippen MR) is 116 cm³/mol. The number of rotatable bonds is 20. The lowest BCUT2D eigenvalue weighted by atomic mass is 10.0. The largest absolute Gasteiger partial charge is 0.481 e. The van der Waals surface area contributed by atoms with E-state index in [9.17, 15) is 22.8 Å². The van der Waals surface area contributed by atoms with Crippen LogP contribution in [-0.4, -0.2) is 47.5 Å². The highest BCUT2D eigenvalue weighted by atomic mass is 32.2. The second-order valence-electron chi connectivity index (χ2n) is 7.82. The van der Waals surface area contributed by atoms with E-state index in [4.69, 9.17) is 9.66 Å². The summed E-state index contributed by atoms with van der Waals surface area (Å²) in [6.07, 6.45) is 13.1. The van der Waals surface area contributed by atoms with Crippen LogP contribution in [0.15, 0.2) is 0 Å². The third-order valence-electron chi connectivity index (χ3n) is 4.99. The van der Waals surface area contributed by atoms with E-state index in [1.54, 1.807) is 6.92 Å². The van der Waals surface area contributed by atoms with Crippen LogP contribution in [0.5, 0.6) is 0 Å². The highest BCUT2D eigenvalue weighted by Crippen LogP contribution is 2.13. The van der Waals surface area contributed by atoms with Gasteiger partial charge in [0.05, 0.1) is 0 Å². The summed E-state index contributed by atoms with van der Waals surface area (Å²) in [5.41, 5.74) is 0. The molecule has 0 spiro atoms. The van der Waals surface area contributed by atoms with E-state index in [2.05, 4.69) is 5.32 Å². The van der Waals surface area contributed by atoms with Crippen molar-refractivity contribution in [2.45, 2.75) is 109 Å². The van der Waals surface area contributed by atoms with Gasteiger partial charge in [-0.1, -0.05) is 71.1 Å². The summed E-state index contributed by atoms with van der Waals surface area (Å²) in [7, 11) is -4.33. The van der Waals surface area contributed by atoms with E-state index in [-0.39, 0.29) is 25.2 Å². The normalized spacial score (nSPS) is 12.5. The number of ketones is 1. The Morgan fingerprint density at radius 2 is 1.17 bits per heavy atom. The lowest BCUT2D eigenvalue weighted by Crippen LogP contribution is -2.45. The SMILES string of the molecule is CCC(=O)C(CS(=O)(=O)O)NC(=O)CCCCCCCCCCCCCCC(=O)O. The average molecular weight is 450 g/mol. The zero-order valence-corrected chi connectivity index (χ0v) is 19.1. The summed E-state index contributed by atoms with van der Waals surface area (Å²) in [4.78, 5) is 34.0. The van der Waals surface area contributed by atoms with Crippen molar-refractivity contribution in [2.24, 2.45) is 0 Å². The van der Waals surface area contributed by atoms with Crippen molar-refractivity contribution in [3.63, 3.8) is 0 Å². The monoisotopic (exact) mass is 449 g/mol. The Balaban J connectivity index is 3.64. The molecule has 0 rings (SSSR count). The Kier molecular flexibility index (Phi) is 16.4. The van der Waals surface area contributed by atoms with E-state index in [1.165, 1.54) is 19.3 Å². The molecule has 0 saturated heterocycles.